The van der Waals surface area contributed by atoms with E-state index in [0.717, 1.165) is 38.7 Å². The molecule has 0 aliphatic carbocycles. The zero-order valence-electron chi connectivity index (χ0n) is 13.2. The Balaban J connectivity index is 1.89. The summed E-state index contributed by atoms with van der Waals surface area (Å²) < 4.78 is 0. The molecule has 0 aliphatic rings. The summed E-state index contributed by atoms with van der Waals surface area (Å²) in [5.74, 6) is 1.47. The smallest absolute Gasteiger partial charge is 0.158 e. The molecule has 4 rings (SSSR count). The van der Waals surface area contributed by atoms with E-state index in [0.29, 0.717) is 5.82 Å². The molecule has 24 heavy (non-hydrogen) atoms. The van der Waals surface area contributed by atoms with Crippen LogP contribution in [0, 0.1) is 13.8 Å². The summed E-state index contributed by atoms with van der Waals surface area (Å²) in [6.45, 7) is 3.94. The lowest BCUT2D eigenvalue weighted by Gasteiger charge is -2.10. The molecule has 4 aromatic heterocycles. The summed E-state index contributed by atoms with van der Waals surface area (Å²) >= 11 is 1.59. The molecule has 4 aromatic rings. The second-order valence-corrected chi connectivity index (χ2v) is 6.40. The number of thiazole rings is 1. The average Bonchev–Trinajstić information content (AvgIpc) is 3.01. The molecular formula is C17H14N6S. The molecule has 0 radical (unpaired) electrons. The molecule has 0 saturated heterocycles. The predicted octanol–water partition coefficient (Wildman–Crippen LogP) is 3.90. The number of aryl methyl sites for hydroxylation is 2. The molecule has 0 aromatic carbocycles. The highest BCUT2D eigenvalue weighted by Crippen LogP contribution is 2.30. The highest BCUT2D eigenvalue weighted by Gasteiger charge is 2.13. The first-order valence-corrected chi connectivity index (χ1v) is 8.30. The van der Waals surface area contributed by atoms with Gasteiger partial charge in [0.05, 0.1) is 16.9 Å². The Morgan fingerprint density at radius 2 is 1.92 bits per heavy atom. The molecule has 0 saturated carbocycles. The third kappa shape index (κ3) is 2.69. The first kappa shape index (κ1) is 14.6. The van der Waals surface area contributed by atoms with Crippen molar-refractivity contribution in [2.75, 3.05) is 5.32 Å². The average molecular weight is 334 g/mol. The lowest BCUT2D eigenvalue weighted by atomic mass is 10.1. The molecule has 4 heterocycles. The van der Waals surface area contributed by atoms with Gasteiger partial charge in [0, 0.05) is 40.6 Å². The van der Waals surface area contributed by atoms with Crippen LogP contribution in [0.15, 0.2) is 42.3 Å². The van der Waals surface area contributed by atoms with E-state index in [2.05, 4.69) is 30.2 Å². The first-order chi connectivity index (χ1) is 11.7. The standard InChI is InChI=1S/C17H14N6S/c1-10-3-4-12-13(14-8-18-5-6-19-14)7-20-17(16(12)21-10)23-15-9-24-11(2)22-15/h3-9H,1-2H3,(H,20,23). The quantitative estimate of drug-likeness (QED) is 0.612. The van der Waals surface area contributed by atoms with E-state index < -0.39 is 0 Å². The van der Waals surface area contributed by atoms with Crippen molar-refractivity contribution in [1.82, 2.24) is 24.9 Å². The maximum atomic E-state index is 4.67. The van der Waals surface area contributed by atoms with Crippen LogP contribution in [0.25, 0.3) is 22.2 Å². The van der Waals surface area contributed by atoms with Crippen LogP contribution in [-0.4, -0.2) is 24.9 Å². The van der Waals surface area contributed by atoms with Gasteiger partial charge in [-0.3, -0.25) is 9.97 Å². The van der Waals surface area contributed by atoms with Crippen molar-refractivity contribution in [1.29, 1.82) is 0 Å². The van der Waals surface area contributed by atoms with Gasteiger partial charge in [-0.2, -0.15) is 0 Å². The van der Waals surface area contributed by atoms with Crippen molar-refractivity contribution in [3.63, 3.8) is 0 Å². The topological polar surface area (TPSA) is 76.5 Å². The van der Waals surface area contributed by atoms with E-state index in [1.807, 2.05) is 31.4 Å². The number of aromatic nitrogens is 5. The molecule has 0 spiro atoms. The van der Waals surface area contributed by atoms with Gasteiger partial charge >= 0.3 is 0 Å². The lowest BCUT2D eigenvalue weighted by molar-refractivity contribution is 1.19. The molecule has 0 unspecified atom stereocenters. The van der Waals surface area contributed by atoms with E-state index in [1.54, 1.807) is 36.1 Å². The maximum Gasteiger partial charge on any atom is 0.158 e. The summed E-state index contributed by atoms with van der Waals surface area (Å²) in [6, 6.07) is 4.03. The number of rotatable bonds is 3. The predicted molar refractivity (Wildman–Crippen MR) is 95.4 cm³/mol. The Bertz CT molecular complexity index is 1010. The summed E-state index contributed by atoms with van der Waals surface area (Å²) in [5, 5.41) is 7.21. The van der Waals surface area contributed by atoms with E-state index in [9.17, 15) is 0 Å². The molecular weight excluding hydrogens is 320 g/mol. The monoisotopic (exact) mass is 334 g/mol. The summed E-state index contributed by atoms with van der Waals surface area (Å²) in [7, 11) is 0. The van der Waals surface area contributed by atoms with E-state index >= 15 is 0 Å². The molecule has 0 aliphatic heterocycles. The molecule has 7 heteroatoms. The van der Waals surface area contributed by atoms with E-state index in [1.165, 1.54) is 0 Å². The fourth-order valence-electron chi connectivity index (χ4n) is 2.49. The summed E-state index contributed by atoms with van der Waals surface area (Å²) in [4.78, 5) is 22.2. The number of fused-ring (bicyclic) bond motifs is 1. The SMILES string of the molecule is Cc1ccc2c(-c3cnccn3)cnc(Nc3csc(C)n3)c2n1. The van der Waals surface area contributed by atoms with Gasteiger partial charge < -0.3 is 5.32 Å². The molecule has 6 nitrogen and oxygen atoms in total. The first-order valence-electron chi connectivity index (χ1n) is 7.42. The minimum Gasteiger partial charge on any atom is -0.322 e. The normalized spacial score (nSPS) is 10.9. The van der Waals surface area contributed by atoms with E-state index in [-0.39, 0.29) is 0 Å². The van der Waals surface area contributed by atoms with Gasteiger partial charge in [-0.15, -0.1) is 11.3 Å². The zero-order valence-corrected chi connectivity index (χ0v) is 14.0. The van der Waals surface area contributed by atoms with Crippen molar-refractivity contribution < 1.29 is 0 Å². The van der Waals surface area contributed by atoms with Crippen molar-refractivity contribution in [3.05, 3.63) is 53.0 Å². The van der Waals surface area contributed by atoms with Gasteiger partial charge in [-0.25, -0.2) is 15.0 Å². The van der Waals surface area contributed by atoms with Crippen LogP contribution in [0.5, 0.6) is 0 Å². The van der Waals surface area contributed by atoms with Gasteiger partial charge in [0.25, 0.3) is 0 Å². The Hall–Kier alpha value is -2.93. The number of nitrogens with zero attached hydrogens (tertiary/aromatic N) is 5. The Labute approximate surface area is 142 Å². The highest BCUT2D eigenvalue weighted by atomic mass is 32.1. The summed E-state index contributed by atoms with van der Waals surface area (Å²) in [5.41, 5.74) is 3.41. The minimum absolute atomic E-state index is 0.687. The number of hydrogen-bond acceptors (Lipinski definition) is 7. The van der Waals surface area contributed by atoms with Gasteiger partial charge in [0.1, 0.15) is 11.3 Å². The van der Waals surface area contributed by atoms with Crippen LogP contribution in [0.1, 0.15) is 10.7 Å². The highest BCUT2D eigenvalue weighted by molar-refractivity contribution is 7.09. The van der Waals surface area contributed by atoms with Crippen molar-refractivity contribution in [3.8, 4) is 11.3 Å². The van der Waals surface area contributed by atoms with Gasteiger partial charge in [0.15, 0.2) is 5.82 Å². The fourth-order valence-corrected chi connectivity index (χ4v) is 3.04. The Morgan fingerprint density at radius 3 is 2.67 bits per heavy atom. The Kier molecular flexibility index (Phi) is 3.62. The molecule has 1 N–H and O–H groups in total. The third-order valence-electron chi connectivity index (χ3n) is 3.58. The van der Waals surface area contributed by atoms with Crippen molar-refractivity contribution >= 4 is 33.9 Å². The third-order valence-corrected chi connectivity index (χ3v) is 4.35. The van der Waals surface area contributed by atoms with Crippen molar-refractivity contribution in [2.45, 2.75) is 13.8 Å². The molecule has 118 valence electrons. The van der Waals surface area contributed by atoms with Crippen LogP contribution >= 0.6 is 11.3 Å². The van der Waals surface area contributed by atoms with Crippen LogP contribution in [0.3, 0.4) is 0 Å². The minimum atomic E-state index is 0.687. The van der Waals surface area contributed by atoms with Crippen molar-refractivity contribution in [2.24, 2.45) is 0 Å². The summed E-state index contributed by atoms with van der Waals surface area (Å²) in [6.07, 6.45) is 6.85. The number of hydrogen-bond donors (Lipinski definition) is 1. The Morgan fingerprint density at radius 1 is 1.00 bits per heavy atom. The molecule has 0 atom stereocenters. The maximum absolute atomic E-state index is 4.67. The zero-order chi connectivity index (χ0) is 16.5. The second-order valence-electron chi connectivity index (χ2n) is 5.34. The van der Waals surface area contributed by atoms with Crippen LogP contribution in [0.2, 0.25) is 0 Å². The number of nitrogens with one attached hydrogen (secondary N) is 1. The number of pyridine rings is 2. The number of anilines is 2. The fraction of sp³-hybridized carbons (Fsp3) is 0.118. The van der Waals surface area contributed by atoms with E-state index in [4.69, 9.17) is 0 Å². The van der Waals surface area contributed by atoms with Crippen LogP contribution in [0.4, 0.5) is 11.6 Å². The van der Waals surface area contributed by atoms with Crippen LogP contribution in [-0.2, 0) is 0 Å². The lowest BCUT2D eigenvalue weighted by Crippen LogP contribution is -1.99. The largest absolute Gasteiger partial charge is 0.322 e. The van der Waals surface area contributed by atoms with Gasteiger partial charge in [-0.1, -0.05) is 6.07 Å². The molecule has 0 bridgehead atoms. The molecule has 0 amide bonds. The van der Waals surface area contributed by atoms with Crippen LogP contribution < -0.4 is 5.32 Å². The van der Waals surface area contributed by atoms with Gasteiger partial charge in [-0.05, 0) is 19.9 Å². The second kappa shape index (κ2) is 5.93. The van der Waals surface area contributed by atoms with Gasteiger partial charge in [0.2, 0.25) is 0 Å². The molecule has 0 fully saturated rings.